The first-order chi connectivity index (χ1) is 10.5. The Morgan fingerprint density at radius 3 is 2.59 bits per heavy atom. The molecule has 0 bridgehead atoms. The SMILES string of the molecule is COCC(=O)/C(=N\Nc1ccc(OCF)cc1F)C(=O)OC. The van der Waals surface area contributed by atoms with Gasteiger partial charge in [-0.1, -0.05) is 0 Å². The van der Waals surface area contributed by atoms with Gasteiger partial charge in [-0.2, -0.15) is 5.10 Å². The Balaban J connectivity index is 2.94. The van der Waals surface area contributed by atoms with Gasteiger partial charge in [-0.3, -0.25) is 10.2 Å². The molecule has 0 aliphatic rings. The molecule has 1 rings (SSSR count). The number of nitrogens with zero attached hydrogens (tertiary/aromatic N) is 1. The van der Waals surface area contributed by atoms with Crippen molar-refractivity contribution in [2.24, 2.45) is 5.10 Å². The molecule has 0 unspecified atom stereocenters. The standard InChI is InChI=1S/C13H14F2N2O5/c1-20-6-11(18)12(13(19)21-2)17-16-10-4-3-8(22-7-14)5-9(10)15/h3-5,16H,6-7H2,1-2H3/b17-12+. The lowest BCUT2D eigenvalue weighted by molar-refractivity contribution is -0.133. The molecular weight excluding hydrogens is 302 g/mol. The number of carbonyl (C=O) groups excluding carboxylic acids is 2. The number of anilines is 1. The predicted molar refractivity (Wildman–Crippen MR) is 73.0 cm³/mol. The molecular formula is C13H14F2N2O5. The molecule has 0 saturated carbocycles. The van der Waals surface area contributed by atoms with E-state index in [1.807, 2.05) is 0 Å². The molecule has 1 aromatic carbocycles. The van der Waals surface area contributed by atoms with Gasteiger partial charge in [0, 0.05) is 13.2 Å². The van der Waals surface area contributed by atoms with Crippen LogP contribution in [0.1, 0.15) is 0 Å². The summed E-state index contributed by atoms with van der Waals surface area (Å²) in [5.74, 6) is -2.55. The average Bonchev–Trinajstić information content (AvgIpc) is 2.49. The lowest BCUT2D eigenvalue weighted by Gasteiger charge is -2.07. The van der Waals surface area contributed by atoms with Gasteiger partial charge < -0.3 is 14.2 Å². The third kappa shape index (κ3) is 4.77. The topological polar surface area (TPSA) is 86.2 Å². The largest absolute Gasteiger partial charge is 0.464 e. The van der Waals surface area contributed by atoms with Crippen molar-refractivity contribution in [1.82, 2.24) is 0 Å². The molecule has 0 fully saturated rings. The molecule has 0 atom stereocenters. The van der Waals surface area contributed by atoms with E-state index in [9.17, 15) is 18.4 Å². The monoisotopic (exact) mass is 316 g/mol. The van der Waals surface area contributed by atoms with Crippen molar-refractivity contribution in [3.8, 4) is 5.75 Å². The molecule has 9 heteroatoms. The highest BCUT2D eigenvalue weighted by atomic mass is 19.1. The second-order valence-corrected chi connectivity index (χ2v) is 3.82. The molecule has 1 N–H and O–H groups in total. The van der Waals surface area contributed by atoms with E-state index < -0.39 is 30.1 Å². The number of rotatable bonds is 8. The van der Waals surface area contributed by atoms with Crippen LogP contribution in [0.4, 0.5) is 14.5 Å². The number of halogens is 2. The van der Waals surface area contributed by atoms with Crippen LogP contribution in [0.3, 0.4) is 0 Å². The van der Waals surface area contributed by atoms with Gasteiger partial charge in [0.05, 0.1) is 12.8 Å². The Hall–Kier alpha value is -2.55. The van der Waals surface area contributed by atoms with Crippen molar-refractivity contribution in [1.29, 1.82) is 0 Å². The van der Waals surface area contributed by atoms with E-state index in [2.05, 4.69) is 24.7 Å². The van der Waals surface area contributed by atoms with Crippen LogP contribution in [0.2, 0.25) is 0 Å². The molecule has 0 aliphatic heterocycles. The number of hydrazone groups is 1. The zero-order valence-electron chi connectivity index (χ0n) is 11.9. The fraction of sp³-hybridized carbons (Fsp3) is 0.308. The number of methoxy groups -OCH3 is 2. The van der Waals surface area contributed by atoms with Gasteiger partial charge in [-0.25, -0.2) is 13.6 Å². The van der Waals surface area contributed by atoms with Crippen LogP contribution in [0.5, 0.6) is 5.75 Å². The summed E-state index contributed by atoms with van der Waals surface area (Å²) in [5, 5.41) is 3.53. The fourth-order valence-electron chi connectivity index (χ4n) is 1.37. The minimum Gasteiger partial charge on any atom is -0.464 e. The number of benzene rings is 1. The number of ether oxygens (including phenoxy) is 3. The first-order valence-corrected chi connectivity index (χ1v) is 5.96. The number of carbonyl (C=O) groups is 2. The van der Waals surface area contributed by atoms with E-state index >= 15 is 0 Å². The van der Waals surface area contributed by atoms with Crippen molar-refractivity contribution < 1.29 is 32.6 Å². The predicted octanol–water partition coefficient (Wildman–Crippen LogP) is 1.29. The third-order valence-corrected chi connectivity index (χ3v) is 2.37. The Kier molecular flexibility index (Phi) is 6.90. The Morgan fingerprint density at radius 1 is 1.32 bits per heavy atom. The maximum absolute atomic E-state index is 13.7. The summed E-state index contributed by atoms with van der Waals surface area (Å²) in [4.78, 5) is 23.1. The minimum atomic E-state index is -1.09. The summed E-state index contributed by atoms with van der Waals surface area (Å²) in [6.07, 6.45) is 0. The van der Waals surface area contributed by atoms with Gasteiger partial charge in [-0.05, 0) is 12.1 Å². The average molecular weight is 316 g/mol. The van der Waals surface area contributed by atoms with E-state index in [0.29, 0.717) is 0 Å². The van der Waals surface area contributed by atoms with Crippen LogP contribution in [-0.4, -0.2) is 45.2 Å². The quantitative estimate of drug-likeness (QED) is 0.337. The van der Waals surface area contributed by atoms with Crippen molar-refractivity contribution in [3.63, 3.8) is 0 Å². The maximum Gasteiger partial charge on any atom is 0.362 e. The highest BCUT2D eigenvalue weighted by molar-refractivity contribution is 6.64. The van der Waals surface area contributed by atoms with Crippen LogP contribution >= 0.6 is 0 Å². The van der Waals surface area contributed by atoms with Gasteiger partial charge in [0.1, 0.15) is 12.4 Å². The van der Waals surface area contributed by atoms with E-state index in [1.54, 1.807) is 0 Å². The lowest BCUT2D eigenvalue weighted by Crippen LogP contribution is -2.29. The van der Waals surface area contributed by atoms with E-state index in [1.165, 1.54) is 19.2 Å². The Bertz CT molecular complexity index is 578. The minimum absolute atomic E-state index is 0.0156. The van der Waals surface area contributed by atoms with Crippen molar-refractivity contribution in [3.05, 3.63) is 24.0 Å². The van der Waals surface area contributed by atoms with Gasteiger partial charge in [0.2, 0.25) is 18.4 Å². The van der Waals surface area contributed by atoms with Gasteiger partial charge in [-0.15, -0.1) is 0 Å². The number of alkyl halides is 1. The molecule has 0 heterocycles. The molecule has 1 aromatic rings. The van der Waals surface area contributed by atoms with E-state index in [4.69, 9.17) is 0 Å². The van der Waals surface area contributed by atoms with E-state index in [0.717, 1.165) is 13.2 Å². The Labute approximate surface area is 124 Å². The summed E-state index contributed by atoms with van der Waals surface area (Å²) >= 11 is 0. The second kappa shape index (κ2) is 8.67. The molecule has 7 nitrogen and oxygen atoms in total. The van der Waals surface area contributed by atoms with Crippen LogP contribution < -0.4 is 10.2 Å². The molecule has 0 spiro atoms. The van der Waals surface area contributed by atoms with Crippen molar-refractivity contribution in [2.45, 2.75) is 0 Å². The molecule has 0 aromatic heterocycles. The van der Waals surface area contributed by atoms with Gasteiger partial charge in [0.15, 0.2) is 5.82 Å². The number of esters is 1. The van der Waals surface area contributed by atoms with Crippen LogP contribution in [-0.2, 0) is 19.1 Å². The summed E-state index contributed by atoms with van der Waals surface area (Å²) in [6, 6.07) is 3.42. The highest BCUT2D eigenvalue weighted by Crippen LogP contribution is 2.20. The van der Waals surface area contributed by atoms with Gasteiger partial charge >= 0.3 is 5.97 Å². The van der Waals surface area contributed by atoms with Crippen molar-refractivity contribution >= 4 is 23.2 Å². The van der Waals surface area contributed by atoms with Crippen LogP contribution in [0.15, 0.2) is 23.3 Å². The fourth-order valence-corrected chi connectivity index (χ4v) is 1.37. The maximum atomic E-state index is 13.7. The zero-order chi connectivity index (χ0) is 16.5. The van der Waals surface area contributed by atoms with E-state index in [-0.39, 0.29) is 18.0 Å². The summed E-state index contributed by atoms with van der Waals surface area (Å²) in [7, 11) is 2.34. The molecule has 0 aliphatic carbocycles. The van der Waals surface area contributed by atoms with Crippen LogP contribution in [0.25, 0.3) is 0 Å². The summed E-state index contributed by atoms with van der Waals surface area (Å²) in [6.45, 7) is -1.48. The van der Waals surface area contributed by atoms with Gasteiger partial charge in [0.25, 0.3) is 0 Å². The molecule has 0 amide bonds. The first kappa shape index (κ1) is 17.5. The molecule has 120 valence electrons. The highest BCUT2D eigenvalue weighted by Gasteiger charge is 2.21. The molecule has 0 saturated heterocycles. The number of hydrogen-bond acceptors (Lipinski definition) is 7. The molecule has 22 heavy (non-hydrogen) atoms. The number of nitrogens with one attached hydrogen (secondary N) is 1. The van der Waals surface area contributed by atoms with Crippen molar-refractivity contribution in [2.75, 3.05) is 33.1 Å². The summed E-state index contributed by atoms with van der Waals surface area (Å²) < 4.78 is 39.2. The number of ketones is 1. The zero-order valence-corrected chi connectivity index (χ0v) is 11.9. The molecule has 0 radical (unpaired) electrons. The van der Waals surface area contributed by atoms with Crippen LogP contribution in [0, 0.1) is 5.82 Å². The lowest BCUT2D eigenvalue weighted by atomic mass is 10.2. The number of hydrogen-bond donors (Lipinski definition) is 1. The second-order valence-electron chi connectivity index (χ2n) is 3.82. The third-order valence-electron chi connectivity index (χ3n) is 2.37. The first-order valence-electron chi connectivity index (χ1n) is 5.96. The summed E-state index contributed by atoms with van der Waals surface area (Å²) in [5.41, 5.74) is 1.51. The number of Topliss-reactive ketones (excluding diaryl/α,β-unsaturated/α-hetero) is 1. The normalized spacial score (nSPS) is 11.0. The smallest absolute Gasteiger partial charge is 0.362 e. The Morgan fingerprint density at radius 2 is 2.05 bits per heavy atom.